The van der Waals surface area contributed by atoms with Crippen molar-refractivity contribution in [1.82, 2.24) is 5.32 Å². The Kier molecular flexibility index (Phi) is 2.81. The largest absolute Gasteiger partial charge is 0.380 e. The molecule has 92 valence electrons. The van der Waals surface area contributed by atoms with Crippen molar-refractivity contribution in [2.24, 2.45) is 0 Å². The predicted molar refractivity (Wildman–Crippen MR) is 69.5 cm³/mol. The van der Waals surface area contributed by atoms with E-state index in [1.165, 1.54) is 23.2 Å². The summed E-state index contributed by atoms with van der Waals surface area (Å²) in [4.78, 5) is 2.59. The Balaban J connectivity index is 1.95. The van der Waals surface area contributed by atoms with E-state index >= 15 is 0 Å². The van der Waals surface area contributed by atoms with Crippen LogP contribution in [-0.4, -0.2) is 32.3 Å². The average molecular weight is 232 g/mol. The number of benzene rings is 1. The summed E-state index contributed by atoms with van der Waals surface area (Å²) in [6, 6.07) is 8.01. The van der Waals surface area contributed by atoms with E-state index in [-0.39, 0.29) is 0 Å². The summed E-state index contributed by atoms with van der Waals surface area (Å²) in [5.74, 6) is 0. The van der Waals surface area contributed by atoms with Gasteiger partial charge in [0.2, 0.25) is 0 Å². The number of anilines is 1. The van der Waals surface area contributed by atoms with Crippen molar-refractivity contribution < 1.29 is 4.74 Å². The zero-order chi connectivity index (χ0) is 11.8. The standard InChI is InChI=1S/C14H20N2O/c1-10-7-15-8-13-6-12-4-3-11(9-17-2)5-14(12)16(10)13/h3-5,10,13,15H,6-9H2,1-2H3/t10-,13-/m1/s1. The van der Waals surface area contributed by atoms with E-state index in [0.717, 1.165) is 13.1 Å². The molecule has 3 nitrogen and oxygen atoms in total. The maximum absolute atomic E-state index is 5.22. The van der Waals surface area contributed by atoms with Gasteiger partial charge < -0.3 is 15.0 Å². The van der Waals surface area contributed by atoms with Gasteiger partial charge in [-0.2, -0.15) is 0 Å². The van der Waals surface area contributed by atoms with Crippen molar-refractivity contribution in [3.8, 4) is 0 Å². The molecule has 17 heavy (non-hydrogen) atoms. The first-order chi connectivity index (χ1) is 8.29. The van der Waals surface area contributed by atoms with E-state index in [4.69, 9.17) is 4.74 Å². The molecule has 0 bridgehead atoms. The van der Waals surface area contributed by atoms with Crippen LogP contribution in [0.1, 0.15) is 18.1 Å². The van der Waals surface area contributed by atoms with E-state index in [9.17, 15) is 0 Å². The number of fused-ring (bicyclic) bond motifs is 3. The second-order valence-corrected chi connectivity index (χ2v) is 5.17. The lowest BCUT2D eigenvalue weighted by atomic mass is 10.1. The second kappa shape index (κ2) is 4.31. The molecule has 0 amide bonds. The fourth-order valence-electron chi connectivity index (χ4n) is 3.15. The molecule has 2 aliphatic heterocycles. The smallest absolute Gasteiger partial charge is 0.0713 e. The van der Waals surface area contributed by atoms with Crippen molar-refractivity contribution in [2.45, 2.75) is 32.0 Å². The minimum absolute atomic E-state index is 0.591. The number of nitrogens with one attached hydrogen (secondary N) is 1. The number of piperazine rings is 1. The summed E-state index contributed by atoms with van der Waals surface area (Å²) in [6.45, 7) is 5.21. The molecule has 3 heteroatoms. The van der Waals surface area contributed by atoms with Crippen molar-refractivity contribution in [1.29, 1.82) is 0 Å². The van der Waals surface area contributed by atoms with Gasteiger partial charge in [0.25, 0.3) is 0 Å². The van der Waals surface area contributed by atoms with Gasteiger partial charge in [0.05, 0.1) is 6.61 Å². The molecular formula is C14H20N2O. The minimum Gasteiger partial charge on any atom is -0.380 e. The van der Waals surface area contributed by atoms with Gasteiger partial charge in [-0.25, -0.2) is 0 Å². The highest BCUT2D eigenvalue weighted by Crippen LogP contribution is 2.35. The summed E-state index contributed by atoms with van der Waals surface area (Å²) in [5, 5.41) is 3.51. The Morgan fingerprint density at radius 1 is 1.41 bits per heavy atom. The first-order valence-electron chi connectivity index (χ1n) is 6.39. The van der Waals surface area contributed by atoms with Gasteiger partial charge in [0, 0.05) is 38.0 Å². The molecule has 0 radical (unpaired) electrons. The molecule has 1 aromatic carbocycles. The Morgan fingerprint density at radius 2 is 2.29 bits per heavy atom. The van der Waals surface area contributed by atoms with Crippen LogP contribution in [0, 0.1) is 0 Å². The molecule has 3 rings (SSSR count). The Bertz CT molecular complexity index is 419. The van der Waals surface area contributed by atoms with Crippen LogP contribution in [0.2, 0.25) is 0 Å². The van der Waals surface area contributed by atoms with Crippen molar-refractivity contribution in [3.63, 3.8) is 0 Å². The minimum atomic E-state index is 0.591. The molecule has 2 heterocycles. The Labute approximate surface area is 103 Å². The zero-order valence-corrected chi connectivity index (χ0v) is 10.6. The second-order valence-electron chi connectivity index (χ2n) is 5.17. The van der Waals surface area contributed by atoms with Crippen molar-refractivity contribution in [2.75, 3.05) is 25.1 Å². The molecule has 1 fully saturated rings. The molecule has 2 atom stereocenters. The summed E-state index contributed by atoms with van der Waals surface area (Å²) in [7, 11) is 1.75. The summed E-state index contributed by atoms with van der Waals surface area (Å²) in [5.41, 5.74) is 4.20. The first kappa shape index (κ1) is 11.1. The Hall–Kier alpha value is -1.06. The van der Waals surface area contributed by atoms with Crippen LogP contribution in [-0.2, 0) is 17.8 Å². The van der Waals surface area contributed by atoms with E-state index < -0.39 is 0 Å². The summed E-state index contributed by atoms with van der Waals surface area (Å²) in [6.07, 6.45) is 1.18. The van der Waals surface area contributed by atoms with Gasteiger partial charge in [-0.15, -0.1) is 0 Å². The van der Waals surface area contributed by atoms with Crippen LogP contribution >= 0.6 is 0 Å². The average Bonchev–Trinajstić information content (AvgIpc) is 2.68. The molecule has 1 N–H and O–H groups in total. The normalized spacial score (nSPS) is 26.8. The lowest BCUT2D eigenvalue weighted by molar-refractivity contribution is 0.185. The fraction of sp³-hybridized carbons (Fsp3) is 0.571. The fourth-order valence-corrected chi connectivity index (χ4v) is 3.15. The number of methoxy groups -OCH3 is 1. The number of hydrogen-bond donors (Lipinski definition) is 1. The first-order valence-corrected chi connectivity index (χ1v) is 6.39. The van der Waals surface area contributed by atoms with Gasteiger partial charge in [-0.1, -0.05) is 12.1 Å². The number of nitrogens with zero attached hydrogens (tertiary/aromatic N) is 1. The third kappa shape index (κ3) is 1.83. The lowest BCUT2D eigenvalue weighted by Crippen LogP contribution is -2.54. The van der Waals surface area contributed by atoms with Crippen molar-refractivity contribution in [3.05, 3.63) is 29.3 Å². The molecule has 0 unspecified atom stereocenters. The third-order valence-electron chi connectivity index (χ3n) is 3.88. The van der Waals surface area contributed by atoms with Gasteiger partial charge >= 0.3 is 0 Å². The quantitative estimate of drug-likeness (QED) is 0.837. The van der Waals surface area contributed by atoms with E-state index in [0.29, 0.717) is 18.7 Å². The van der Waals surface area contributed by atoms with Gasteiger partial charge in [-0.3, -0.25) is 0 Å². The van der Waals surface area contributed by atoms with Crippen LogP contribution in [0.3, 0.4) is 0 Å². The summed E-state index contributed by atoms with van der Waals surface area (Å²) < 4.78 is 5.22. The van der Waals surface area contributed by atoms with E-state index in [2.05, 4.69) is 35.3 Å². The highest BCUT2D eigenvalue weighted by Gasteiger charge is 2.34. The van der Waals surface area contributed by atoms with Crippen LogP contribution < -0.4 is 10.2 Å². The molecular weight excluding hydrogens is 212 g/mol. The lowest BCUT2D eigenvalue weighted by Gasteiger charge is -2.38. The maximum Gasteiger partial charge on any atom is 0.0713 e. The predicted octanol–water partition coefficient (Wildman–Crippen LogP) is 1.56. The van der Waals surface area contributed by atoms with Crippen LogP contribution in [0.4, 0.5) is 5.69 Å². The zero-order valence-electron chi connectivity index (χ0n) is 10.6. The SMILES string of the molecule is COCc1ccc2c(c1)N1[C@@H](CNC[C@H]1C)C2. The summed E-state index contributed by atoms with van der Waals surface area (Å²) >= 11 is 0. The van der Waals surface area contributed by atoms with Gasteiger partial charge in [0.15, 0.2) is 0 Å². The number of ether oxygens (including phenoxy) is 1. The van der Waals surface area contributed by atoms with Crippen LogP contribution in [0.5, 0.6) is 0 Å². The van der Waals surface area contributed by atoms with Gasteiger partial charge in [-0.05, 0) is 30.5 Å². The topological polar surface area (TPSA) is 24.5 Å². The van der Waals surface area contributed by atoms with Crippen LogP contribution in [0.25, 0.3) is 0 Å². The van der Waals surface area contributed by atoms with E-state index in [1.54, 1.807) is 7.11 Å². The van der Waals surface area contributed by atoms with Gasteiger partial charge in [0.1, 0.15) is 0 Å². The molecule has 0 spiro atoms. The molecule has 1 saturated heterocycles. The highest BCUT2D eigenvalue weighted by molar-refractivity contribution is 5.62. The van der Waals surface area contributed by atoms with E-state index in [1.807, 2.05) is 0 Å². The number of rotatable bonds is 2. The number of hydrogen-bond acceptors (Lipinski definition) is 3. The molecule has 1 aromatic rings. The molecule has 0 aliphatic carbocycles. The van der Waals surface area contributed by atoms with Crippen molar-refractivity contribution >= 4 is 5.69 Å². The monoisotopic (exact) mass is 232 g/mol. The third-order valence-corrected chi connectivity index (χ3v) is 3.88. The van der Waals surface area contributed by atoms with Crippen LogP contribution in [0.15, 0.2) is 18.2 Å². The highest BCUT2D eigenvalue weighted by atomic mass is 16.5. The maximum atomic E-state index is 5.22. The molecule has 0 aromatic heterocycles. The Morgan fingerprint density at radius 3 is 3.12 bits per heavy atom. The molecule has 2 aliphatic rings. The molecule has 0 saturated carbocycles.